The number of sulfonamides is 1. The number of carbonyl (C=O) groups is 1. The van der Waals surface area contributed by atoms with Gasteiger partial charge in [-0.2, -0.15) is 0 Å². The second-order valence-electron chi connectivity index (χ2n) is 7.00. The van der Waals surface area contributed by atoms with E-state index in [9.17, 15) is 13.2 Å². The molecule has 0 radical (unpaired) electrons. The average Bonchev–Trinajstić information content (AvgIpc) is 2.71. The number of amides is 1. The summed E-state index contributed by atoms with van der Waals surface area (Å²) >= 11 is 0. The minimum Gasteiger partial charge on any atom is -0.457 e. The van der Waals surface area contributed by atoms with Crippen LogP contribution in [0.25, 0.3) is 0 Å². The number of piperidine rings is 1. The van der Waals surface area contributed by atoms with Gasteiger partial charge < -0.3 is 10.1 Å². The van der Waals surface area contributed by atoms with Gasteiger partial charge in [-0.05, 0) is 63.1 Å². The molecule has 1 fully saturated rings. The fraction of sp³-hybridized carbons (Fsp3) is 0.381. The van der Waals surface area contributed by atoms with Gasteiger partial charge in [-0.3, -0.25) is 4.79 Å². The SMILES string of the molecule is CCS(=O)(=O)N1CCC(C(=O)Nc2ccc(Oc3ccc(C)cc3)cc2)CC1. The van der Waals surface area contributed by atoms with E-state index in [-0.39, 0.29) is 17.6 Å². The van der Waals surface area contributed by atoms with E-state index >= 15 is 0 Å². The second-order valence-corrected chi connectivity index (χ2v) is 9.26. The Hall–Kier alpha value is -2.38. The molecule has 28 heavy (non-hydrogen) atoms. The first-order valence-electron chi connectivity index (χ1n) is 9.50. The highest BCUT2D eigenvalue weighted by atomic mass is 32.2. The van der Waals surface area contributed by atoms with Crippen molar-refractivity contribution in [3.05, 3.63) is 54.1 Å². The average molecular weight is 403 g/mol. The molecule has 1 N–H and O–H groups in total. The Bertz CT molecular complexity index is 900. The first-order chi connectivity index (χ1) is 13.4. The number of nitrogens with zero attached hydrogens (tertiary/aromatic N) is 1. The molecule has 2 aromatic rings. The number of nitrogens with one attached hydrogen (secondary N) is 1. The molecule has 7 heteroatoms. The van der Waals surface area contributed by atoms with Crippen molar-refractivity contribution in [2.24, 2.45) is 5.92 Å². The van der Waals surface area contributed by atoms with E-state index in [4.69, 9.17) is 4.74 Å². The molecule has 150 valence electrons. The highest BCUT2D eigenvalue weighted by Crippen LogP contribution is 2.25. The van der Waals surface area contributed by atoms with Crippen LogP contribution >= 0.6 is 0 Å². The minimum atomic E-state index is -3.17. The van der Waals surface area contributed by atoms with E-state index < -0.39 is 10.0 Å². The molecule has 0 atom stereocenters. The summed E-state index contributed by atoms with van der Waals surface area (Å²) in [7, 11) is -3.17. The van der Waals surface area contributed by atoms with Crippen molar-refractivity contribution >= 4 is 21.6 Å². The van der Waals surface area contributed by atoms with Gasteiger partial charge in [0.05, 0.1) is 5.75 Å². The summed E-state index contributed by atoms with van der Waals surface area (Å²) in [6.45, 7) is 4.46. The molecule has 1 aliphatic heterocycles. The Morgan fingerprint density at radius 3 is 2.11 bits per heavy atom. The number of ether oxygens (including phenoxy) is 1. The number of benzene rings is 2. The van der Waals surface area contributed by atoms with E-state index in [1.165, 1.54) is 9.87 Å². The van der Waals surface area contributed by atoms with Crippen LogP contribution in [-0.2, 0) is 14.8 Å². The van der Waals surface area contributed by atoms with E-state index in [0.717, 1.165) is 5.75 Å². The Labute approximate surface area is 166 Å². The van der Waals surface area contributed by atoms with E-state index in [1.807, 2.05) is 43.3 Å². The van der Waals surface area contributed by atoms with Crippen molar-refractivity contribution in [2.45, 2.75) is 26.7 Å². The Morgan fingerprint density at radius 1 is 1.04 bits per heavy atom. The smallest absolute Gasteiger partial charge is 0.227 e. The van der Waals surface area contributed by atoms with Crippen LogP contribution in [0, 0.1) is 12.8 Å². The van der Waals surface area contributed by atoms with Crippen LogP contribution in [0.2, 0.25) is 0 Å². The molecule has 0 saturated carbocycles. The summed E-state index contributed by atoms with van der Waals surface area (Å²) in [5.74, 6) is 1.31. The zero-order valence-electron chi connectivity index (χ0n) is 16.2. The highest BCUT2D eigenvalue weighted by Gasteiger charge is 2.30. The predicted molar refractivity (Wildman–Crippen MR) is 110 cm³/mol. The molecule has 1 heterocycles. The maximum atomic E-state index is 12.5. The lowest BCUT2D eigenvalue weighted by molar-refractivity contribution is -0.120. The normalized spacial score (nSPS) is 15.9. The largest absolute Gasteiger partial charge is 0.457 e. The van der Waals surface area contributed by atoms with Crippen molar-refractivity contribution in [1.29, 1.82) is 0 Å². The van der Waals surface area contributed by atoms with Gasteiger partial charge in [-0.15, -0.1) is 0 Å². The van der Waals surface area contributed by atoms with Crippen LogP contribution in [0.4, 0.5) is 5.69 Å². The molecule has 1 aliphatic rings. The van der Waals surface area contributed by atoms with Crippen LogP contribution in [0.15, 0.2) is 48.5 Å². The molecule has 1 saturated heterocycles. The Morgan fingerprint density at radius 2 is 1.57 bits per heavy atom. The van der Waals surface area contributed by atoms with Crippen LogP contribution < -0.4 is 10.1 Å². The molecular formula is C21H26N2O4S. The summed E-state index contributed by atoms with van der Waals surface area (Å²) in [6, 6.07) is 15.0. The van der Waals surface area contributed by atoms with Crippen LogP contribution in [0.1, 0.15) is 25.3 Å². The van der Waals surface area contributed by atoms with Crippen LogP contribution in [-0.4, -0.2) is 37.5 Å². The lowest BCUT2D eigenvalue weighted by Gasteiger charge is -2.30. The molecule has 0 aliphatic carbocycles. The fourth-order valence-electron chi connectivity index (χ4n) is 3.17. The molecule has 0 aromatic heterocycles. The first-order valence-corrected chi connectivity index (χ1v) is 11.1. The fourth-order valence-corrected chi connectivity index (χ4v) is 4.30. The molecular weight excluding hydrogens is 376 g/mol. The predicted octanol–water partition coefficient (Wildman–Crippen LogP) is 3.79. The summed E-state index contributed by atoms with van der Waals surface area (Å²) in [6.07, 6.45) is 1.08. The third-order valence-corrected chi connectivity index (χ3v) is 6.84. The van der Waals surface area contributed by atoms with Gasteiger partial charge in [0.2, 0.25) is 15.9 Å². The molecule has 0 bridgehead atoms. The highest BCUT2D eigenvalue weighted by molar-refractivity contribution is 7.89. The van der Waals surface area contributed by atoms with E-state index in [1.54, 1.807) is 19.1 Å². The minimum absolute atomic E-state index is 0.0688. The molecule has 6 nitrogen and oxygen atoms in total. The van der Waals surface area contributed by atoms with Gasteiger partial charge >= 0.3 is 0 Å². The van der Waals surface area contributed by atoms with E-state index in [2.05, 4.69) is 5.32 Å². The van der Waals surface area contributed by atoms with Crippen molar-refractivity contribution in [3.8, 4) is 11.5 Å². The topological polar surface area (TPSA) is 75.7 Å². The lowest BCUT2D eigenvalue weighted by atomic mass is 9.97. The number of aryl methyl sites for hydroxylation is 1. The quantitative estimate of drug-likeness (QED) is 0.798. The zero-order chi connectivity index (χ0) is 20.1. The Balaban J connectivity index is 1.53. The summed E-state index contributed by atoms with van der Waals surface area (Å²) in [5, 5.41) is 2.92. The van der Waals surface area contributed by atoms with Gasteiger partial charge in [0.25, 0.3) is 0 Å². The maximum Gasteiger partial charge on any atom is 0.227 e. The number of anilines is 1. The molecule has 0 spiro atoms. The van der Waals surface area contributed by atoms with Crippen molar-refractivity contribution < 1.29 is 17.9 Å². The maximum absolute atomic E-state index is 12.5. The van der Waals surface area contributed by atoms with Crippen molar-refractivity contribution in [1.82, 2.24) is 4.31 Å². The third-order valence-electron chi connectivity index (χ3n) is 4.96. The van der Waals surface area contributed by atoms with E-state index in [0.29, 0.717) is 37.4 Å². The van der Waals surface area contributed by atoms with Gasteiger partial charge in [0.15, 0.2) is 0 Å². The molecule has 2 aromatic carbocycles. The summed E-state index contributed by atoms with van der Waals surface area (Å²) in [5.41, 5.74) is 1.87. The molecule has 0 unspecified atom stereocenters. The standard InChI is InChI=1S/C21H26N2O4S/c1-3-28(25,26)23-14-12-17(13-15-23)21(24)22-18-6-10-20(11-7-18)27-19-8-4-16(2)5-9-19/h4-11,17H,3,12-15H2,1-2H3,(H,22,24). The number of carbonyl (C=O) groups excluding carboxylic acids is 1. The number of rotatable bonds is 6. The number of hydrogen-bond acceptors (Lipinski definition) is 4. The lowest BCUT2D eigenvalue weighted by Crippen LogP contribution is -2.42. The third kappa shape index (κ3) is 5.11. The van der Waals surface area contributed by atoms with Crippen LogP contribution in [0.3, 0.4) is 0 Å². The van der Waals surface area contributed by atoms with Gasteiger partial charge in [0, 0.05) is 24.7 Å². The Kier molecular flexibility index (Phi) is 6.36. The zero-order valence-corrected chi connectivity index (χ0v) is 17.0. The summed E-state index contributed by atoms with van der Waals surface area (Å²) < 4.78 is 31.1. The molecule has 1 amide bonds. The van der Waals surface area contributed by atoms with Gasteiger partial charge in [-0.1, -0.05) is 17.7 Å². The van der Waals surface area contributed by atoms with Gasteiger partial charge in [0.1, 0.15) is 11.5 Å². The number of hydrogen-bond donors (Lipinski definition) is 1. The molecule has 3 rings (SSSR count). The second kappa shape index (κ2) is 8.75. The monoisotopic (exact) mass is 402 g/mol. The van der Waals surface area contributed by atoms with Gasteiger partial charge in [-0.25, -0.2) is 12.7 Å². The first kappa shape index (κ1) is 20.4. The summed E-state index contributed by atoms with van der Waals surface area (Å²) in [4.78, 5) is 12.5. The van der Waals surface area contributed by atoms with Crippen molar-refractivity contribution in [3.63, 3.8) is 0 Å². The van der Waals surface area contributed by atoms with Crippen LogP contribution in [0.5, 0.6) is 11.5 Å². The van der Waals surface area contributed by atoms with Crippen molar-refractivity contribution in [2.75, 3.05) is 24.2 Å².